The zero-order valence-electron chi connectivity index (χ0n) is 8.74. The van der Waals surface area contributed by atoms with Crippen molar-refractivity contribution in [2.75, 3.05) is 0 Å². The monoisotopic (exact) mass is 224 g/mol. The van der Waals surface area contributed by atoms with Crippen LogP contribution in [0.15, 0.2) is 17.5 Å². The van der Waals surface area contributed by atoms with Gasteiger partial charge in [-0.1, -0.05) is 6.07 Å². The highest BCUT2D eigenvalue weighted by Gasteiger charge is 2.37. The van der Waals surface area contributed by atoms with E-state index in [1.807, 2.05) is 17.5 Å². The highest BCUT2D eigenvalue weighted by Crippen LogP contribution is 2.31. The number of thiophene rings is 1. The van der Waals surface area contributed by atoms with Crippen molar-refractivity contribution < 1.29 is 9.90 Å². The maximum Gasteiger partial charge on any atom is 0.164 e. The number of carbonyl (C=O) groups is 1. The summed E-state index contributed by atoms with van der Waals surface area (Å²) in [6.07, 6.45) is 4.56. The van der Waals surface area contributed by atoms with E-state index in [2.05, 4.69) is 0 Å². The zero-order valence-corrected chi connectivity index (χ0v) is 9.55. The number of hydrogen-bond donors (Lipinski definition) is 1. The Morgan fingerprint density at radius 3 is 2.80 bits per heavy atom. The van der Waals surface area contributed by atoms with Crippen LogP contribution in [0.4, 0.5) is 0 Å². The Morgan fingerprint density at radius 1 is 1.47 bits per heavy atom. The summed E-state index contributed by atoms with van der Waals surface area (Å²) in [7, 11) is 0. The third kappa shape index (κ3) is 2.47. The Kier molecular flexibility index (Phi) is 3.22. The standard InChI is InChI=1S/C12H16O2S/c13-11(12(14)7-1-2-8-12)6-5-10-4-3-9-15-10/h3-4,9,14H,1-2,5-8H2. The van der Waals surface area contributed by atoms with E-state index in [9.17, 15) is 9.90 Å². The van der Waals surface area contributed by atoms with Crippen molar-refractivity contribution in [3.8, 4) is 0 Å². The van der Waals surface area contributed by atoms with Crippen LogP contribution in [-0.2, 0) is 11.2 Å². The fourth-order valence-corrected chi connectivity index (χ4v) is 2.87. The van der Waals surface area contributed by atoms with Crippen molar-refractivity contribution in [3.05, 3.63) is 22.4 Å². The van der Waals surface area contributed by atoms with E-state index in [4.69, 9.17) is 0 Å². The largest absolute Gasteiger partial charge is 0.382 e. The Bertz CT molecular complexity index is 323. The van der Waals surface area contributed by atoms with E-state index in [1.54, 1.807) is 11.3 Å². The van der Waals surface area contributed by atoms with Gasteiger partial charge in [-0.2, -0.15) is 0 Å². The van der Waals surface area contributed by atoms with Gasteiger partial charge in [0, 0.05) is 11.3 Å². The molecule has 0 aliphatic heterocycles. The van der Waals surface area contributed by atoms with Crippen molar-refractivity contribution in [1.29, 1.82) is 0 Å². The predicted molar refractivity (Wildman–Crippen MR) is 61.1 cm³/mol. The van der Waals surface area contributed by atoms with Gasteiger partial charge in [0.1, 0.15) is 5.60 Å². The molecule has 1 saturated carbocycles. The first-order chi connectivity index (χ1) is 7.21. The molecule has 1 aromatic rings. The minimum Gasteiger partial charge on any atom is -0.382 e. The molecule has 15 heavy (non-hydrogen) atoms. The van der Waals surface area contributed by atoms with Crippen LogP contribution in [-0.4, -0.2) is 16.5 Å². The molecule has 1 aliphatic rings. The molecule has 0 spiro atoms. The summed E-state index contributed by atoms with van der Waals surface area (Å²) in [5, 5.41) is 12.1. The summed E-state index contributed by atoms with van der Waals surface area (Å²) in [4.78, 5) is 13.0. The Morgan fingerprint density at radius 2 is 2.20 bits per heavy atom. The average Bonchev–Trinajstić information content (AvgIpc) is 2.85. The highest BCUT2D eigenvalue weighted by molar-refractivity contribution is 7.09. The van der Waals surface area contributed by atoms with Crippen molar-refractivity contribution in [2.45, 2.75) is 44.1 Å². The minimum absolute atomic E-state index is 0.0356. The Balaban J connectivity index is 1.87. The van der Waals surface area contributed by atoms with Gasteiger partial charge >= 0.3 is 0 Å². The van der Waals surface area contributed by atoms with Crippen LogP contribution in [0.1, 0.15) is 37.0 Å². The summed E-state index contributed by atoms with van der Waals surface area (Å²) in [5.74, 6) is 0.0356. The van der Waals surface area contributed by atoms with Gasteiger partial charge in [0.15, 0.2) is 5.78 Å². The average molecular weight is 224 g/mol. The molecular formula is C12H16O2S. The second-order valence-corrected chi connectivity index (χ2v) is 5.27. The molecule has 82 valence electrons. The van der Waals surface area contributed by atoms with E-state index in [1.165, 1.54) is 4.88 Å². The second kappa shape index (κ2) is 4.45. The lowest BCUT2D eigenvalue weighted by Gasteiger charge is -2.19. The maximum absolute atomic E-state index is 11.8. The van der Waals surface area contributed by atoms with Crippen LogP contribution in [0, 0.1) is 0 Å². The number of aliphatic hydroxyl groups is 1. The van der Waals surface area contributed by atoms with Gasteiger partial charge in [0.25, 0.3) is 0 Å². The fourth-order valence-electron chi connectivity index (χ4n) is 2.16. The normalized spacial score (nSPS) is 19.3. The van der Waals surface area contributed by atoms with Gasteiger partial charge in [0.2, 0.25) is 0 Å². The Hall–Kier alpha value is -0.670. The molecule has 1 N–H and O–H groups in total. The lowest BCUT2D eigenvalue weighted by Crippen LogP contribution is -2.35. The highest BCUT2D eigenvalue weighted by atomic mass is 32.1. The third-order valence-corrected chi connectivity index (χ3v) is 4.06. The lowest BCUT2D eigenvalue weighted by atomic mass is 9.93. The maximum atomic E-state index is 11.8. The molecule has 1 heterocycles. The van der Waals surface area contributed by atoms with Gasteiger partial charge in [-0.3, -0.25) is 4.79 Å². The first-order valence-corrected chi connectivity index (χ1v) is 6.37. The van der Waals surface area contributed by atoms with Crippen molar-refractivity contribution in [2.24, 2.45) is 0 Å². The predicted octanol–water partition coefficient (Wildman–Crippen LogP) is 2.55. The first-order valence-electron chi connectivity index (χ1n) is 5.49. The second-order valence-electron chi connectivity index (χ2n) is 4.24. The smallest absolute Gasteiger partial charge is 0.164 e. The summed E-state index contributed by atoms with van der Waals surface area (Å²) in [6.45, 7) is 0. The van der Waals surface area contributed by atoms with Gasteiger partial charge in [-0.15, -0.1) is 11.3 Å². The number of ketones is 1. The van der Waals surface area contributed by atoms with Gasteiger partial charge in [-0.05, 0) is 43.6 Å². The van der Waals surface area contributed by atoms with E-state index >= 15 is 0 Å². The summed E-state index contributed by atoms with van der Waals surface area (Å²) < 4.78 is 0. The van der Waals surface area contributed by atoms with Crippen LogP contribution in [0.3, 0.4) is 0 Å². The summed E-state index contributed by atoms with van der Waals surface area (Å²) in [5.41, 5.74) is -0.989. The molecule has 2 rings (SSSR count). The zero-order chi connectivity index (χ0) is 10.7. The molecule has 1 aliphatic carbocycles. The molecule has 0 bridgehead atoms. The lowest BCUT2D eigenvalue weighted by molar-refractivity contribution is -0.136. The number of rotatable bonds is 4. The molecule has 1 aromatic heterocycles. The fraction of sp³-hybridized carbons (Fsp3) is 0.583. The van der Waals surface area contributed by atoms with Crippen LogP contribution < -0.4 is 0 Å². The van der Waals surface area contributed by atoms with E-state index in [0.29, 0.717) is 19.3 Å². The SMILES string of the molecule is O=C(CCc1cccs1)C1(O)CCCC1. The molecule has 0 unspecified atom stereocenters. The van der Waals surface area contributed by atoms with Crippen molar-refractivity contribution in [1.82, 2.24) is 0 Å². The van der Waals surface area contributed by atoms with E-state index in [0.717, 1.165) is 19.3 Å². The van der Waals surface area contributed by atoms with E-state index < -0.39 is 5.60 Å². The minimum atomic E-state index is -0.989. The molecule has 2 nitrogen and oxygen atoms in total. The molecule has 0 amide bonds. The van der Waals surface area contributed by atoms with Crippen molar-refractivity contribution >= 4 is 17.1 Å². The number of aryl methyl sites for hydroxylation is 1. The molecule has 1 fully saturated rings. The van der Waals surface area contributed by atoms with Crippen LogP contribution in [0.5, 0.6) is 0 Å². The van der Waals surface area contributed by atoms with E-state index in [-0.39, 0.29) is 5.78 Å². The molecule has 0 radical (unpaired) electrons. The topological polar surface area (TPSA) is 37.3 Å². The quantitative estimate of drug-likeness (QED) is 0.853. The number of hydrogen-bond acceptors (Lipinski definition) is 3. The van der Waals surface area contributed by atoms with Crippen LogP contribution in [0.25, 0.3) is 0 Å². The van der Waals surface area contributed by atoms with Crippen molar-refractivity contribution in [3.63, 3.8) is 0 Å². The third-order valence-electron chi connectivity index (χ3n) is 3.13. The van der Waals surface area contributed by atoms with Crippen LogP contribution in [0.2, 0.25) is 0 Å². The molecule has 0 saturated heterocycles. The molecule has 0 atom stereocenters. The van der Waals surface area contributed by atoms with Gasteiger partial charge in [-0.25, -0.2) is 0 Å². The molecule has 0 aromatic carbocycles. The molecule has 3 heteroatoms. The number of carbonyl (C=O) groups excluding carboxylic acids is 1. The number of Topliss-reactive ketones (excluding diaryl/α,β-unsaturated/α-hetero) is 1. The summed E-state index contributed by atoms with van der Waals surface area (Å²) >= 11 is 1.67. The van der Waals surface area contributed by atoms with Gasteiger partial charge < -0.3 is 5.11 Å². The Labute approximate surface area is 93.9 Å². The molecular weight excluding hydrogens is 208 g/mol. The van der Waals surface area contributed by atoms with Gasteiger partial charge in [0.05, 0.1) is 0 Å². The summed E-state index contributed by atoms with van der Waals surface area (Å²) in [6, 6.07) is 4.03. The van der Waals surface area contributed by atoms with Crippen LogP contribution >= 0.6 is 11.3 Å². The first kappa shape index (κ1) is 10.8.